The summed E-state index contributed by atoms with van der Waals surface area (Å²) in [6.07, 6.45) is 9.89. The van der Waals surface area contributed by atoms with Crippen LogP contribution in [-0.2, 0) is 4.79 Å². The van der Waals surface area contributed by atoms with Gasteiger partial charge in [0, 0.05) is 12.4 Å². The number of pyridine rings is 1. The van der Waals surface area contributed by atoms with Crippen molar-refractivity contribution in [2.45, 2.75) is 44.4 Å². The zero-order valence-corrected chi connectivity index (χ0v) is 10.0. The van der Waals surface area contributed by atoms with Gasteiger partial charge in [0.05, 0.1) is 6.42 Å². The van der Waals surface area contributed by atoms with Crippen LogP contribution in [0, 0.1) is 5.92 Å². The molecule has 0 radical (unpaired) electrons. The van der Waals surface area contributed by atoms with Gasteiger partial charge in [-0.3, -0.25) is 9.78 Å². The molecule has 2 rings (SSSR count). The van der Waals surface area contributed by atoms with Crippen molar-refractivity contribution in [2.75, 3.05) is 0 Å². The molecule has 1 aliphatic rings. The lowest BCUT2D eigenvalue weighted by molar-refractivity contribution is -0.137. The van der Waals surface area contributed by atoms with Crippen molar-refractivity contribution >= 4 is 5.97 Å². The lowest BCUT2D eigenvalue weighted by atomic mass is 9.86. The molecule has 1 unspecified atom stereocenters. The van der Waals surface area contributed by atoms with Crippen molar-refractivity contribution in [2.24, 2.45) is 5.92 Å². The summed E-state index contributed by atoms with van der Waals surface area (Å²) in [4.78, 5) is 15.0. The molecule has 1 fully saturated rings. The van der Waals surface area contributed by atoms with E-state index in [0.717, 1.165) is 12.0 Å². The van der Waals surface area contributed by atoms with Gasteiger partial charge in [-0.15, -0.1) is 0 Å². The van der Waals surface area contributed by atoms with Gasteiger partial charge in [-0.25, -0.2) is 0 Å². The van der Waals surface area contributed by atoms with Crippen LogP contribution in [0.15, 0.2) is 24.5 Å². The van der Waals surface area contributed by atoms with Gasteiger partial charge in [-0.05, 0) is 29.9 Å². The van der Waals surface area contributed by atoms with Gasteiger partial charge < -0.3 is 5.11 Å². The second-order valence-corrected chi connectivity index (χ2v) is 4.97. The van der Waals surface area contributed by atoms with Gasteiger partial charge in [-0.2, -0.15) is 0 Å². The van der Waals surface area contributed by atoms with E-state index in [1.54, 1.807) is 6.20 Å². The van der Waals surface area contributed by atoms with Crippen LogP contribution in [0.3, 0.4) is 0 Å². The largest absolute Gasteiger partial charge is 0.481 e. The summed E-state index contributed by atoms with van der Waals surface area (Å²) < 4.78 is 0. The number of hydrogen-bond donors (Lipinski definition) is 1. The predicted octanol–water partition coefficient (Wildman–Crippen LogP) is 3.22. The number of aromatic nitrogens is 1. The first-order valence-electron chi connectivity index (χ1n) is 6.37. The van der Waals surface area contributed by atoms with Crippen LogP contribution < -0.4 is 0 Å². The molecule has 0 aromatic carbocycles. The van der Waals surface area contributed by atoms with Crippen molar-refractivity contribution < 1.29 is 9.90 Å². The fourth-order valence-electron chi connectivity index (χ4n) is 2.81. The molecule has 1 aromatic rings. The highest BCUT2D eigenvalue weighted by molar-refractivity contribution is 5.68. The molecule has 0 saturated heterocycles. The molecular formula is C14H19NO2. The first-order valence-corrected chi connectivity index (χ1v) is 6.37. The molecule has 1 atom stereocenters. The van der Waals surface area contributed by atoms with Crippen LogP contribution in [0.25, 0.3) is 0 Å². The third-order valence-corrected chi connectivity index (χ3v) is 3.67. The minimum absolute atomic E-state index is 0.129. The van der Waals surface area contributed by atoms with Gasteiger partial charge in [0.1, 0.15) is 0 Å². The van der Waals surface area contributed by atoms with E-state index in [-0.39, 0.29) is 12.3 Å². The molecule has 0 spiro atoms. The SMILES string of the molecule is O=C(O)CC(CC1CCCC1)c1cccnc1. The third kappa shape index (κ3) is 3.55. The maximum atomic E-state index is 10.9. The van der Waals surface area contributed by atoms with Crippen LogP contribution in [-0.4, -0.2) is 16.1 Å². The van der Waals surface area contributed by atoms with E-state index in [2.05, 4.69) is 4.98 Å². The Labute approximate surface area is 102 Å². The van der Waals surface area contributed by atoms with Crippen molar-refractivity contribution in [3.05, 3.63) is 30.1 Å². The number of carboxylic acid groups (broad SMARTS) is 1. The first kappa shape index (κ1) is 12.1. The number of nitrogens with zero attached hydrogens (tertiary/aromatic N) is 1. The van der Waals surface area contributed by atoms with E-state index >= 15 is 0 Å². The summed E-state index contributed by atoms with van der Waals surface area (Å²) >= 11 is 0. The topological polar surface area (TPSA) is 50.2 Å². The number of rotatable bonds is 5. The summed E-state index contributed by atoms with van der Waals surface area (Å²) in [5.74, 6) is 0.126. The summed E-state index contributed by atoms with van der Waals surface area (Å²) in [5, 5.41) is 9.00. The molecular weight excluding hydrogens is 214 g/mol. The Kier molecular flexibility index (Phi) is 4.13. The van der Waals surface area contributed by atoms with Crippen molar-refractivity contribution in [3.8, 4) is 0 Å². The fourth-order valence-corrected chi connectivity index (χ4v) is 2.81. The van der Waals surface area contributed by atoms with Gasteiger partial charge >= 0.3 is 5.97 Å². The minimum atomic E-state index is -0.711. The molecule has 1 aliphatic carbocycles. The molecule has 1 N–H and O–H groups in total. The van der Waals surface area contributed by atoms with Crippen molar-refractivity contribution in [1.82, 2.24) is 4.98 Å². The zero-order chi connectivity index (χ0) is 12.1. The summed E-state index contributed by atoms with van der Waals surface area (Å²) in [6.45, 7) is 0. The molecule has 3 heteroatoms. The quantitative estimate of drug-likeness (QED) is 0.849. The van der Waals surface area contributed by atoms with Crippen LogP contribution in [0.4, 0.5) is 0 Å². The maximum absolute atomic E-state index is 10.9. The monoisotopic (exact) mass is 233 g/mol. The molecule has 1 saturated carbocycles. The number of carbonyl (C=O) groups is 1. The maximum Gasteiger partial charge on any atom is 0.303 e. The number of aliphatic carboxylic acids is 1. The second-order valence-electron chi connectivity index (χ2n) is 4.97. The molecule has 17 heavy (non-hydrogen) atoms. The van der Waals surface area contributed by atoms with E-state index in [0.29, 0.717) is 5.92 Å². The van der Waals surface area contributed by atoms with Crippen LogP contribution in [0.5, 0.6) is 0 Å². The fraction of sp³-hybridized carbons (Fsp3) is 0.571. The summed E-state index contributed by atoms with van der Waals surface area (Å²) in [7, 11) is 0. The molecule has 0 aliphatic heterocycles. The number of carboxylic acids is 1. The lowest BCUT2D eigenvalue weighted by Crippen LogP contribution is -2.10. The van der Waals surface area contributed by atoms with Crippen LogP contribution in [0.1, 0.15) is 50.0 Å². The van der Waals surface area contributed by atoms with Gasteiger partial charge in [0.2, 0.25) is 0 Å². The third-order valence-electron chi connectivity index (χ3n) is 3.67. The second kappa shape index (κ2) is 5.80. The number of hydrogen-bond acceptors (Lipinski definition) is 2. The van der Waals surface area contributed by atoms with E-state index in [1.807, 2.05) is 18.3 Å². The van der Waals surface area contributed by atoms with Crippen molar-refractivity contribution in [1.29, 1.82) is 0 Å². The Morgan fingerprint density at radius 1 is 1.47 bits per heavy atom. The highest BCUT2D eigenvalue weighted by atomic mass is 16.4. The Bertz CT molecular complexity index is 358. The molecule has 3 nitrogen and oxygen atoms in total. The van der Waals surface area contributed by atoms with Crippen molar-refractivity contribution in [3.63, 3.8) is 0 Å². The minimum Gasteiger partial charge on any atom is -0.481 e. The average molecular weight is 233 g/mol. The Morgan fingerprint density at radius 3 is 2.82 bits per heavy atom. The van der Waals surface area contributed by atoms with Gasteiger partial charge in [-0.1, -0.05) is 31.7 Å². The normalized spacial score (nSPS) is 18.1. The molecule has 1 aromatic heterocycles. The molecule has 1 heterocycles. The highest BCUT2D eigenvalue weighted by Crippen LogP contribution is 2.35. The molecule has 0 amide bonds. The summed E-state index contributed by atoms with van der Waals surface area (Å²) in [5.41, 5.74) is 1.07. The lowest BCUT2D eigenvalue weighted by Gasteiger charge is -2.18. The average Bonchev–Trinajstić information content (AvgIpc) is 2.82. The van der Waals surface area contributed by atoms with Gasteiger partial charge in [0.15, 0.2) is 0 Å². The Balaban J connectivity index is 2.04. The summed E-state index contributed by atoms with van der Waals surface area (Å²) in [6, 6.07) is 3.88. The Hall–Kier alpha value is -1.38. The van der Waals surface area contributed by atoms with E-state index in [4.69, 9.17) is 5.11 Å². The standard InChI is InChI=1S/C14H19NO2/c16-14(17)9-13(8-11-4-1-2-5-11)12-6-3-7-15-10-12/h3,6-7,10-11,13H,1-2,4-5,8-9H2,(H,16,17). The Morgan fingerprint density at radius 2 is 2.24 bits per heavy atom. The highest BCUT2D eigenvalue weighted by Gasteiger charge is 2.23. The first-order chi connectivity index (χ1) is 8.25. The van der Waals surface area contributed by atoms with Crippen LogP contribution >= 0.6 is 0 Å². The van der Waals surface area contributed by atoms with Crippen LogP contribution in [0.2, 0.25) is 0 Å². The smallest absolute Gasteiger partial charge is 0.303 e. The zero-order valence-electron chi connectivity index (χ0n) is 10.0. The van der Waals surface area contributed by atoms with E-state index < -0.39 is 5.97 Å². The molecule has 0 bridgehead atoms. The van der Waals surface area contributed by atoms with E-state index in [1.165, 1.54) is 25.7 Å². The van der Waals surface area contributed by atoms with E-state index in [9.17, 15) is 4.79 Å². The predicted molar refractivity (Wildman–Crippen MR) is 65.8 cm³/mol. The van der Waals surface area contributed by atoms with Gasteiger partial charge in [0.25, 0.3) is 0 Å². The molecule has 92 valence electrons.